The molecule has 0 aliphatic carbocycles. The monoisotopic (exact) mass is 349 g/mol. The molecule has 5 heteroatoms. The average Bonchev–Trinajstić information content (AvgIpc) is 2.58. The average molecular weight is 349 g/mol. The van der Waals surface area contributed by atoms with E-state index in [1.165, 1.54) is 0 Å². The minimum Gasteiger partial charge on any atom is -0.497 e. The number of amides is 1. The summed E-state index contributed by atoms with van der Waals surface area (Å²) >= 11 is 0. The number of aryl methyl sites for hydroxylation is 3. The summed E-state index contributed by atoms with van der Waals surface area (Å²) < 4.78 is 5.30. The number of nitrogens with one attached hydrogen (secondary N) is 2. The summed E-state index contributed by atoms with van der Waals surface area (Å²) in [7, 11) is 1.63. The molecule has 0 atom stereocenters. The second-order valence-corrected chi connectivity index (χ2v) is 6.47. The highest BCUT2D eigenvalue weighted by atomic mass is 16.5. The van der Waals surface area contributed by atoms with Crippen LogP contribution in [-0.4, -0.2) is 24.5 Å². The van der Waals surface area contributed by atoms with E-state index in [0.717, 1.165) is 44.8 Å². The summed E-state index contributed by atoms with van der Waals surface area (Å²) in [6.45, 7) is 6.13. The first-order chi connectivity index (χ1) is 12.4. The zero-order valence-corrected chi connectivity index (χ0v) is 15.5. The van der Waals surface area contributed by atoms with Gasteiger partial charge in [0.15, 0.2) is 0 Å². The van der Waals surface area contributed by atoms with Gasteiger partial charge in [-0.15, -0.1) is 0 Å². The molecule has 3 aromatic rings. The van der Waals surface area contributed by atoms with Crippen LogP contribution in [0.1, 0.15) is 16.8 Å². The Hall–Kier alpha value is -3.08. The highest BCUT2D eigenvalue weighted by Gasteiger charge is 2.08. The third kappa shape index (κ3) is 4.11. The molecule has 0 fully saturated rings. The maximum absolute atomic E-state index is 12.3. The summed E-state index contributed by atoms with van der Waals surface area (Å²) in [6.07, 6.45) is 0. The SMILES string of the molecule is COc1ccc2nc(C)cc(NCC(=O)Nc3cc(C)cc(C)c3)c2c1. The molecule has 0 saturated carbocycles. The molecule has 5 nitrogen and oxygen atoms in total. The minimum absolute atomic E-state index is 0.0967. The fourth-order valence-electron chi connectivity index (χ4n) is 3.04. The van der Waals surface area contributed by atoms with Crippen molar-refractivity contribution in [2.45, 2.75) is 20.8 Å². The zero-order valence-electron chi connectivity index (χ0n) is 15.5. The Bertz CT molecular complexity index is 947. The molecule has 0 unspecified atom stereocenters. The van der Waals surface area contributed by atoms with Crippen LogP contribution in [0.4, 0.5) is 11.4 Å². The van der Waals surface area contributed by atoms with E-state index in [2.05, 4.69) is 21.7 Å². The Morgan fingerprint density at radius 3 is 2.46 bits per heavy atom. The third-order valence-corrected chi connectivity index (χ3v) is 4.09. The molecule has 0 radical (unpaired) electrons. The van der Waals surface area contributed by atoms with Crippen LogP contribution in [0.5, 0.6) is 5.75 Å². The maximum atomic E-state index is 12.3. The molecule has 2 N–H and O–H groups in total. The lowest BCUT2D eigenvalue weighted by molar-refractivity contribution is -0.114. The molecule has 1 aromatic heterocycles. The van der Waals surface area contributed by atoms with Gasteiger partial charge in [0.25, 0.3) is 0 Å². The van der Waals surface area contributed by atoms with E-state index >= 15 is 0 Å². The number of carbonyl (C=O) groups excluding carboxylic acids is 1. The Labute approximate surface area is 153 Å². The second kappa shape index (κ2) is 7.44. The number of pyridine rings is 1. The van der Waals surface area contributed by atoms with E-state index < -0.39 is 0 Å². The molecule has 3 rings (SSSR count). The van der Waals surface area contributed by atoms with Crippen LogP contribution in [0, 0.1) is 20.8 Å². The Kier molecular flexibility index (Phi) is 5.07. The smallest absolute Gasteiger partial charge is 0.243 e. The fraction of sp³-hybridized carbons (Fsp3) is 0.238. The van der Waals surface area contributed by atoms with Crippen molar-refractivity contribution in [2.75, 3.05) is 24.3 Å². The largest absolute Gasteiger partial charge is 0.497 e. The predicted octanol–water partition coefficient (Wildman–Crippen LogP) is 4.22. The summed E-state index contributed by atoms with van der Waals surface area (Å²) in [5.41, 5.74) is 5.67. The minimum atomic E-state index is -0.0967. The van der Waals surface area contributed by atoms with Crippen molar-refractivity contribution in [3.8, 4) is 5.75 Å². The summed E-state index contributed by atoms with van der Waals surface area (Å²) in [6, 6.07) is 13.7. The highest BCUT2D eigenvalue weighted by molar-refractivity contribution is 5.97. The van der Waals surface area contributed by atoms with E-state index in [4.69, 9.17) is 4.74 Å². The van der Waals surface area contributed by atoms with Crippen molar-refractivity contribution >= 4 is 28.2 Å². The van der Waals surface area contributed by atoms with Gasteiger partial charge in [-0.1, -0.05) is 6.07 Å². The predicted molar refractivity (Wildman–Crippen MR) is 106 cm³/mol. The Balaban J connectivity index is 1.77. The van der Waals surface area contributed by atoms with Crippen LogP contribution in [0.25, 0.3) is 10.9 Å². The fourth-order valence-corrected chi connectivity index (χ4v) is 3.04. The van der Waals surface area contributed by atoms with Crippen molar-refractivity contribution in [1.29, 1.82) is 0 Å². The first-order valence-electron chi connectivity index (χ1n) is 8.52. The molecule has 134 valence electrons. The lowest BCUT2D eigenvalue weighted by Gasteiger charge is -2.12. The first kappa shape index (κ1) is 17.7. The van der Waals surface area contributed by atoms with E-state index in [1.807, 2.05) is 57.2 Å². The normalized spacial score (nSPS) is 10.6. The van der Waals surface area contributed by atoms with E-state index in [-0.39, 0.29) is 12.5 Å². The molecular weight excluding hydrogens is 326 g/mol. The molecule has 0 bridgehead atoms. The quantitative estimate of drug-likeness (QED) is 0.724. The first-order valence-corrected chi connectivity index (χ1v) is 8.52. The lowest BCUT2D eigenvalue weighted by Crippen LogP contribution is -2.22. The number of ether oxygens (including phenoxy) is 1. The topological polar surface area (TPSA) is 63.2 Å². The molecule has 0 spiro atoms. The van der Waals surface area contributed by atoms with Gasteiger partial charge in [-0.05, 0) is 68.3 Å². The molecule has 1 amide bonds. The van der Waals surface area contributed by atoms with Crippen molar-refractivity contribution in [3.05, 3.63) is 59.3 Å². The van der Waals surface area contributed by atoms with Crippen molar-refractivity contribution in [3.63, 3.8) is 0 Å². The molecular formula is C21H23N3O2. The van der Waals surface area contributed by atoms with Gasteiger partial charge in [0, 0.05) is 22.5 Å². The summed E-state index contributed by atoms with van der Waals surface area (Å²) in [4.78, 5) is 16.9. The van der Waals surface area contributed by atoms with Gasteiger partial charge in [0.2, 0.25) is 5.91 Å². The van der Waals surface area contributed by atoms with E-state index in [1.54, 1.807) is 7.11 Å². The van der Waals surface area contributed by atoms with Crippen LogP contribution >= 0.6 is 0 Å². The third-order valence-electron chi connectivity index (χ3n) is 4.09. The number of nitrogens with zero attached hydrogens (tertiary/aromatic N) is 1. The van der Waals surface area contributed by atoms with Crippen LogP contribution in [0.15, 0.2) is 42.5 Å². The van der Waals surface area contributed by atoms with Crippen LogP contribution < -0.4 is 15.4 Å². The number of anilines is 2. The number of hydrogen-bond donors (Lipinski definition) is 2. The number of fused-ring (bicyclic) bond motifs is 1. The van der Waals surface area contributed by atoms with Crippen molar-refractivity contribution < 1.29 is 9.53 Å². The molecule has 0 aliphatic rings. The Morgan fingerprint density at radius 2 is 1.77 bits per heavy atom. The maximum Gasteiger partial charge on any atom is 0.243 e. The van der Waals surface area contributed by atoms with Gasteiger partial charge in [0.05, 0.1) is 19.2 Å². The number of benzene rings is 2. The molecule has 1 heterocycles. The zero-order chi connectivity index (χ0) is 18.7. The van der Waals surface area contributed by atoms with Crippen LogP contribution in [0.3, 0.4) is 0 Å². The van der Waals surface area contributed by atoms with Gasteiger partial charge in [-0.25, -0.2) is 0 Å². The van der Waals surface area contributed by atoms with Gasteiger partial charge >= 0.3 is 0 Å². The Morgan fingerprint density at radius 1 is 1.04 bits per heavy atom. The number of hydrogen-bond acceptors (Lipinski definition) is 4. The number of carbonyl (C=O) groups is 1. The van der Waals surface area contributed by atoms with Gasteiger partial charge < -0.3 is 15.4 Å². The number of aromatic nitrogens is 1. The summed E-state index contributed by atoms with van der Waals surface area (Å²) in [5, 5.41) is 7.08. The van der Waals surface area contributed by atoms with Crippen molar-refractivity contribution in [1.82, 2.24) is 4.98 Å². The molecule has 2 aromatic carbocycles. The standard InChI is InChI=1S/C21H23N3O2/c1-13-7-14(2)9-16(8-13)24-21(25)12-22-20-10-15(3)23-19-6-5-17(26-4)11-18(19)20/h5-11H,12H2,1-4H3,(H,22,23)(H,24,25). The van der Waals surface area contributed by atoms with Crippen LogP contribution in [-0.2, 0) is 4.79 Å². The second-order valence-electron chi connectivity index (χ2n) is 6.47. The van der Waals surface area contributed by atoms with Gasteiger partial charge in [-0.2, -0.15) is 0 Å². The molecule has 26 heavy (non-hydrogen) atoms. The van der Waals surface area contributed by atoms with Crippen LogP contribution in [0.2, 0.25) is 0 Å². The highest BCUT2D eigenvalue weighted by Crippen LogP contribution is 2.27. The number of rotatable bonds is 5. The van der Waals surface area contributed by atoms with Gasteiger partial charge in [0.1, 0.15) is 5.75 Å². The lowest BCUT2D eigenvalue weighted by atomic mass is 10.1. The van der Waals surface area contributed by atoms with Crippen molar-refractivity contribution in [2.24, 2.45) is 0 Å². The summed E-state index contributed by atoms with van der Waals surface area (Å²) in [5.74, 6) is 0.659. The van der Waals surface area contributed by atoms with E-state index in [0.29, 0.717) is 0 Å². The molecule has 0 aliphatic heterocycles. The van der Waals surface area contributed by atoms with Gasteiger partial charge in [-0.3, -0.25) is 9.78 Å². The van der Waals surface area contributed by atoms with E-state index in [9.17, 15) is 4.79 Å². The number of methoxy groups -OCH3 is 1. The molecule has 0 saturated heterocycles.